The Morgan fingerprint density at radius 3 is 2.50 bits per heavy atom. The van der Waals surface area contributed by atoms with Crippen LogP contribution in [0.5, 0.6) is 11.5 Å². The molecule has 0 fully saturated rings. The first-order chi connectivity index (χ1) is 10.5. The van der Waals surface area contributed by atoms with Crippen molar-refractivity contribution in [2.24, 2.45) is 0 Å². The Balaban J connectivity index is 2.15. The van der Waals surface area contributed by atoms with Crippen LogP contribution in [-0.2, 0) is 16.6 Å². The van der Waals surface area contributed by atoms with E-state index in [0.29, 0.717) is 11.5 Å². The van der Waals surface area contributed by atoms with Gasteiger partial charge in [0.05, 0.1) is 22.7 Å². The molecular formula is C15H16INO4S. The fraction of sp³-hybridized carbons (Fsp3) is 0.200. The molecule has 0 spiro atoms. The summed E-state index contributed by atoms with van der Waals surface area (Å²) in [5.74, 6) is 1.34. The molecule has 7 heteroatoms. The SMILES string of the molecule is COc1cccc(CNS(=O)(=O)c2ccc(OC)c(I)c2)c1. The molecule has 118 valence electrons. The number of methoxy groups -OCH3 is 2. The highest BCUT2D eigenvalue weighted by molar-refractivity contribution is 14.1. The van der Waals surface area contributed by atoms with Gasteiger partial charge in [-0.2, -0.15) is 0 Å². The molecule has 0 atom stereocenters. The smallest absolute Gasteiger partial charge is 0.240 e. The first-order valence-corrected chi connectivity index (χ1v) is 8.98. The molecule has 0 amide bonds. The molecule has 0 radical (unpaired) electrons. The van der Waals surface area contributed by atoms with Crippen LogP contribution in [0.1, 0.15) is 5.56 Å². The van der Waals surface area contributed by atoms with Crippen LogP contribution in [0.3, 0.4) is 0 Å². The Morgan fingerprint density at radius 2 is 1.86 bits per heavy atom. The monoisotopic (exact) mass is 433 g/mol. The zero-order valence-electron chi connectivity index (χ0n) is 12.2. The molecule has 0 saturated carbocycles. The molecule has 1 N–H and O–H groups in total. The van der Waals surface area contributed by atoms with E-state index >= 15 is 0 Å². The number of hydrogen-bond acceptors (Lipinski definition) is 4. The van der Waals surface area contributed by atoms with Gasteiger partial charge in [-0.3, -0.25) is 0 Å². The van der Waals surface area contributed by atoms with Crippen LogP contribution < -0.4 is 14.2 Å². The van der Waals surface area contributed by atoms with Crippen molar-refractivity contribution < 1.29 is 17.9 Å². The van der Waals surface area contributed by atoms with Crippen molar-refractivity contribution in [2.75, 3.05) is 14.2 Å². The maximum absolute atomic E-state index is 12.3. The van der Waals surface area contributed by atoms with Gasteiger partial charge in [-0.1, -0.05) is 12.1 Å². The van der Waals surface area contributed by atoms with Crippen molar-refractivity contribution in [2.45, 2.75) is 11.4 Å². The Labute approximate surface area is 143 Å². The summed E-state index contributed by atoms with van der Waals surface area (Å²) in [6, 6.07) is 12.0. The largest absolute Gasteiger partial charge is 0.497 e. The van der Waals surface area contributed by atoms with E-state index in [1.807, 2.05) is 40.8 Å². The first-order valence-electron chi connectivity index (χ1n) is 6.42. The van der Waals surface area contributed by atoms with Crippen LogP contribution in [0.2, 0.25) is 0 Å². The van der Waals surface area contributed by atoms with Crippen LogP contribution >= 0.6 is 22.6 Å². The Bertz CT molecular complexity index is 762. The molecule has 0 heterocycles. The van der Waals surface area contributed by atoms with Gasteiger partial charge < -0.3 is 9.47 Å². The number of ether oxygens (including phenoxy) is 2. The minimum Gasteiger partial charge on any atom is -0.497 e. The summed E-state index contributed by atoms with van der Waals surface area (Å²) in [4.78, 5) is 0.209. The lowest BCUT2D eigenvalue weighted by molar-refractivity contribution is 0.411. The molecule has 2 aromatic carbocycles. The minimum absolute atomic E-state index is 0.197. The second-order valence-corrected chi connectivity index (χ2v) is 7.40. The predicted molar refractivity (Wildman–Crippen MR) is 92.7 cm³/mol. The van der Waals surface area contributed by atoms with Crippen molar-refractivity contribution in [3.8, 4) is 11.5 Å². The number of halogens is 1. The molecule has 0 saturated heterocycles. The van der Waals surface area contributed by atoms with Crippen molar-refractivity contribution >= 4 is 32.6 Å². The van der Waals surface area contributed by atoms with E-state index in [9.17, 15) is 8.42 Å². The molecular weight excluding hydrogens is 417 g/mol. The fourth-order valence-electron chi connectivity index (χ4n) is 1.86. The van der Waals surface area contributed by atoms with Gasteiger partial charge in [-0.25, -0.2) is 13.1 Å². The van der Waals surface area contributed by atoms with Crippen molar-refractivity contribution in [3.63, 3.8) is 0 Å². The van der Waals surface area contributed by atoms with Crippen molar-refractivity contribution in [1.82, 2.24) is 4.72 Å². The molecule has 5 nitrogen and oxygen atoms in total. The second-order valence-electron chi connectivity index (χ2n) is 4.47. The fourth-order valence-corrected chi connectivity index (χ4v) is 3.85. The summed E-state index contributed by atoms with van der Waals surface area (Å²) in [6.45, 7) is 0.197. The topological polar surface area (TPSA) is 64.6 Å². The highest BCUT2D eigenvalue weighted by atomic mass is 127. The van der Waals surface area contributed by atoms with Crippen LogP contribution in [0.25, 0.3) is 0 Å². The predicted octanol–water partition coefficient (Wildman–Crippen LogP) is 2.79. The highest BCUT2D eigenvalue weighted by Gasteiger charge is 2.15. The summed E-state index contributed by atoms with van der Waals surface area (Å²) in [6.07, 6.45) is 0. The number of sulfonamides is 1. The molecule has 2 aromatic rings. The number of benzene rings is 2. The summed E-state index contributed by atoms with van der Waals surface area (Å²) >= 11 is 2.04. The summed E-state index contributed by atoms with van der Waals surface area (Å²) in [5, 5.41) is 0. The molecule has 0 unspecified atom stereocenters. The average Bonchev–Trinajstić information content (AvgIpc) is 2.53. The Kier molecular flexibility index (Phi) is 5.65. The molecule has 22 heavy (non-hydrogen) atoms. The second kappa shape index (κ2) is 7.30. The van der Waals surface area contributed by atoms with Gasteiger partial charge in [0.1, 0.15) is 11.5 Å². The quantitative estimate of drug-likeness (QED) is 0.712. The zero-order chi connectivity index (χ0) is 16.2. The van der Waals surface area contributed by atoms with Gasteiger partial charge in [-0.15, -0.1) is 0 Å². The maximum atomic E-state index is 12.3. The van der Waals surface area contributed by atoms with Crippen LogP contribution in [-0.4, -0.2) is 22.6 Å². The lowest BCUT2D eigenvalue weighted by Gasteiger charge is -2.10. The van der Waals surface area contributed by atoms with Crippen molar-refractivity contribution in [3.05, 3.63) is 51.6 Å². The molecule has 0 aromatic heterocycles. The van der Waals surface area contributed by atoms with E-state index in [2.05, 4.69) is 4.72 Å². The van der Waals surface area contributed by atoms with E-state index < -0.39 is 10.0 Å². The average molecular weight is 433 g/mol. The molecule has 0 aliphatic rings. The highest BCUT2D eigenvalue weighted by Crippen LogP contribution is 2.24. The lowest BCUT2D eigenvalue weighted by atomic mass is 10.2. The van der Waals surface area contributed by atoms with Crippen LogP contribution in [0.15, 0.2) is 47.4 Å². The van der Waals surface area contributed by atoms with E-state index in [0.717, 1.165) is 9.13 Å². The van der Waals surface area contributed by atoms with E-state index in [4.69, 9.17) is 9.47 Å². The van der Waals surface area contributed by atoms with Gasteiger partial charge >= 0.3 is 0 Å². The standard InChI is InChI=1S/C15H16INO4S/c1-20-12-5-3-4-11(8-12)10-17-22(18,19)13-6-7-15(21-2)14(16)9-13/h3-9,17H,10H2,1-2H3. The molecule has 0 bridgehead atoms. The summed E-state index contributed by atoms with van der Waals surface area (Å²) < 4.78 is 38.2. The molecule has 2 rings (SSSR count). The van der Waals surface area contributed by atoms with Gasteiger partial charge in [0.25, 0.3) is 0 Å². The summed E-state index contributed by atoms with van der Waals surface area (Å²) in [7, 11) is -0.456. The van der Waals surface area contributed by atoms with Crippen LogP contribution in [0.4, 0.5) is 0 Å². The van der Waals surface area contributed by atoms with Gasteiger partial charge in [0.15, 0.2) is 0 Å². The van der Waals surface area contributed by atoms with Crippen molar-refractivity contribution in [1.29, 1.82) is 0 Å². The molecule has 0 aliphatic carbocycles. The Hall–Kier alpha value is -1.32. The first kappa shape index (κ1) is 17.0. The third-order valence-corrected chi connectivity index (χ3v) is 5.28. The number of nitrogens with one attached hydrogen (secondary N) is 1. The number of rotatable bonds is 6. The van der Waals surface area contributed by atoms with Gasteiger partial charge in [0.2, 0.25) is 10.0 Å². The zero-order valence-corrected chi connectivity index (χ0v) is 15.1. The third kappa shape index (κ3) is 4.11. The van der Waals surface area contributed by atoms with E-state index in [1.165, 1.54) is 6.07 Å². The van der Waals surface area contributed by atoms with E-state index in [1.54, 1.807) is 32.4 Å². The maximum Gasteiger partial charge on any atom is 0.240 e. The Morgan fingerprint density at radius 1 is 1.09 bits per heavy atom. The lowest BCUT2D eigenvalue weighted by Crippen LogP contribution is -2.23. The molecule has 0 aliphatic heterocycles. The minimum atomic E-state index is -3.58. The third-order valence-electron chi connectivity index (χ3n) is 3.03. The van der Waals surface area contributed by atoms with Gasteiger partial charge in [0, 0.05) is 6.54 Å². The number of hydrogen-bond donors (Lipinski definition) is 1. The van der Waals surface area contributed by atoms with E-state index in [-0.39, 0.29) is 11.4 Å². The van der Waals surface area contributed by atoms with Gasteiger partial charge in [-0.05, 0) is 58.5 Å². The summed E-state index contributed by atoms with van der Waals surface area (Å²) in [5.41, 5.74) is 0.825. The van der Waals surface area contributed by atoms with Crippen LogP contribution in [0, 0.1) is 3.57 Å². The normalized spacial score (nSPS) is 11.2.